The van der Waals surface area contributed by atoms with Crippen molar-refractivity contribution in [2.24, 2.45) is 0 Å². The normalized spacial score (nSPS) is 11.4. The third-order valence-corrected chi connectivity index (χ3v) is 5.23. The Kier molecular flexibility index (Phi) is 3.20. The zero-order valence-electron chi connectivity index (χ0n) is 13.4. The van der Waals surface area contributed by atoms with E-state index in [1.165, 1.54) is 0 Å². The third kappa shape index (κ3) is 2.23. The number of aromatic nitrogens is 3. The van der Waals surface area contributed by atoms with Gasteiger partial charge in [-0.05, 0) is 29.0 Å². The van der Waals surface area contributed by atoms with E-state index in [9.17, 15) is 9.59 Å². The van der Waals surface area contributed by atoms with Crippen LogP contribution in [0, 0.1) is 0 Å². The van der Waals surface area contributed by atoms with E-state index in [4.69, 9.17) is 0 Å². The van der Waals surface area contributed by atoms with Crippen LogP contribution in [-0.2, 0) is 0 Å². The van der Waals surface area contributed by atoms with Gasteiger partial charge in [0.2, 0.25) is 10.7 Å². The highest BCUT2D eigenvalue weighted by Crippen LogP contribution is 2.22. The Hall–Kier alpha value is -3.38. The topological polar surface area (TPSA) is 64.3 Å². The average Bonchev–Trinajstić information content (AvgIpc) is 3.11. The highest BCUT2D eigenvalue weighted by atomic mass is 32.1. The van der Waals surface area contributed by atoms with Crippen molar-refractivity contribution in [2.45, 2.75) is 0 Å². The van der Waals surface area contributed by atoms with Crippen LogP contribution in [-0.4, -0.2) is 20.4 Å². The number of hydrogen-bond acceptors (Lipinski definition) is 5. The van der Waals surface area contributed by atoms with Crippen LogP contribution in [0.15, 0.2) is 71.5 Å². The monoisotopic (exact) mass is 357 g/mol. The van der Waals surface area contributed by atoms with Crippen molar-refractivity contribution in [3.63, 3.8) is 0 Å². The van der Waals surface area contributed by atoms with Gasteiger partial charge in [-0.1, -0.05) is 59.9 Å². The van der Waals surface area contributed by atoms with E-state index >= 15 is 0 Å². The molecule has 0 saturated heterocycles. The molecule has 0 N–H and O–H groups in total. The summed E-state index contributed by atoms with van der Waals surface area (Å²) in [7, 11) is 0. The van der Waals surface area contributed by atoms with Crippen LogP contribution in [0.2, 0.25) is 0 Å². The molecule has 0 bridgehead atoms. The van der Waals surface area contributed by atoms with Crippen molar-refractivity contribution < 1.29 is 4.79 Å². The van der Waals surface area contributed by atoms with Gasteiger partial charge in [0, 0.05) is 5.56 Å². The van der Waals surface area contributed by atoms with Gasteiger partial charge in [-0.15, -0.1) is 0 Å². The summed E-state index contributed by atoms with van der Waals surface area (Å²) in [6.45, 7) is 0. The molecule has 0 unspecified atom stereocenters. The molecule has 0 radical (unpaired) electrons. The fourth-order valence-corrected chi connectivity index (χ4v) is 3.90. The number of benzene rings is 3. The van der Waals surface area contributed by atoms with E-state index < -0.39 is 0 Å². The fourth-order valence-electron chi connectivity index (χ4n) is 3.04. The van der Waals surface area contributed by atoms with Gasteiger partial charge in [0.1, 0.15) is 0 Å². The molecule has 3 aromatic carbocycles. The molecule has 6 heteroatoms. The second kappa shape index (κ2) is 5.57. The van der Waals surface area contributed by atoms with Crippen LogP contribution >= 0.6 is 11.3 Å². The predicted octanol–water partition coefficient (Wildman–Crippen LogP) is 3.69. The zero-order chi connectivity index (χ0) is 17.7. The van der Waals surface area contributed by atoms with Gasteiger partial charge >= 0.3 is 0 Å². The molecule has 0 amide bonds. The number of rotatable bonds is 2. The highest BCUT2D eigenvalue weighted by molar-refractivity contribution is 7.18. The first-order chi connectivity index (χ1) is 12.7. The van der Waals surface area contributed by atoms with Crippen molar-refractivity contribution in [3.05, 3.63) is 87.7 Å². The first kappa shape index (κ1) is 14.9. The number of hydrogen-bond donors (Lipinski definition) is 0. The van der Waals surface area contributed by atoms with E-state index in [0.29, 0.717) is 26.4 Å². The second-order valence-electron chi connectivity index (χ2n) is 5.93. The number of fused-ring (bicyclic) bond motifs is 4. The number of ketones is 1. The quantitative estimate of drug-likeness (QED) is 0.452. The average molecular weight is 357 g/mol. The van der Waals surface area contributed by atoms with Gasteiger partial charge < -0.3 is 0 Å². The second-order valence-corrected chi connectivity index (χ2v) is 6.88. The lowest BCUT2D eigenvalue weighted by Crippen LogP contribution is -2.09. The van der Waals surface area contributed by atoms with Crippen LogP contribution in [0.1, 0.15) is 15.4 Å². The molecule has 0 aliphatic carbocycles. The van der Waals surface area contributed by atoms with Gasteiger partial charge in [-0.3, -0.25) is 9.59 Å². The van der Waals surface area contributed by atoms with Gasteiger partial charge in [0.05, 0.1) is 10.9 Å². The highest BCUT2D eigenvalue weighted by Gasteiger charge is 2.17. The molecule has 124 valence electrons. The maximum absolute atomic E-state index is 12.9. The zero-order valence-corrected chi connectivity index (χ0v) is 14.2. The largest absolute Gasteiger partial charge is 0.286 e. The molecule has 2 heterocycles. The maximum Gasteiger partial charge on any atom is 0.281 e. The number of para-hydroxylation sites is 1. The summed E-state index contributed by atoms with van der Waals surface area (Å²) in [5.41, 5.74) is 0.903. The summed E-state index contributed by atoms with van der Waals surface area (Å²) < 4.78 is 1.57. The Balaban J connectivity index is 1.69. The Morgan fingerprint density at radius 1 is 0.923 bits per heavy atom. The molecule has 0 aliphatic heterocycles. The van der Waals surface area contributed by atoms with E-state index in [0.717, 1.165) is 22.1 Å². The summed E-state index contributed by atoms with van der Waals surface area (Å²) in [6.07, 6.45) is 0. The standard InChI is InChI=1S/C20H11N3O2S/c24-17(14-10-9-12-5-1-2-6-13(12)11-14)19-22-23-16-8-4-3-7-15(16)18(25)21-20(23)26-19/h1-11H. The lowest BCUT2D eigenvalue weighted by molar-refractivity contribution is 0.103. The maximum atomic E-state index is 12.9. The number of carbonyl (C=O) groups is 1. The molecule has 26 heavy (non-hydrogen) atoms. The predicted molar refractivity (Wildman–Crippen MR) is 102 cm³/mol. The summed E-state index contributed by atoms with van der Waals surface area (Å²) >= 11 is 1.13. The molecule has 5 aromatic rings. The Morgan fingerprint density at radius 2 is 1.69 bits per heavy atom. The van der Waals surface area contributed by atoms with Crippen molar-refractivity contribution in [3.8, 4) is 0 Å². The van der Waals surface area contributed by atoms with Gasteiger partial charge in [-0.25, -0.2) is 4.52 Å². The molecular weight excluding hydrogens is 346 g/mol. The van der Waals surface area contributed by atoms with Crippen molar-refractivity contribution in [1.29, 1.82) is 0 Å². The lowest BCUT2D eigenvalue weighted by Gasteiger charge is -2.00. The minimum Gasteiger partial charge on any atom is -0.286 e. The Morgan fingerprint density at radius 3 is 2.58 bits per heavy atom. The van der Waals surface area contributed by atoms with Crippen molar-refractivity contribution >= 4 is 43.8 Å². The Labute approximate surface area is 151 Å². The summed E-state index contributed by atoms with van der Waals surface area (Å²) in [5.74, 6) is -0.178. The third-order valence-electron chi connectivity index (χ3n) is 4.33. The molecule has 0 fully saturated rings. The van der Waals surface area contributed by atoms with E-state index in [2.05, 4.69) is 10.1 Å². The minimum absolute atomic E-state index is 0.178. The minimum atomic E-state index is -0.311. The SMILES string of the molecule is O=C(c1ccc2ccccc2c1)c1nn2c(nc(=O)c3ccccc32)s1. The van der Waals surface area contributed by atoms with Gasteiger partial charge in [0.15, 0.2) is 5.01 Å². The van der Waals surface area contributed by atoms with Crippen molar-refractivity contribution in [1.82, 2.24) is 14.6 Å². The molecule has 5 rings (SSSR count). The molecule has 0 atom stereocenters. The van der Waals surface area contributed by atoms with Crippen LogP contribution in [0.5, 0.6) is 0 Å². The lowest BCUT2D eigenvalue weighted by atomic mass is 10.0. The molecule has 0 spiro atoms. The molecule has 2 aromatic heterocycles. The molecular formula is C20H11N3O2S. The fraction of sp³-hybridized carbons (Fsp3) is 0. The van der Waals surface area contributed by atoms with Crippen molar-refractivity contribution in [2.75, 3.05) is 0 Å². The number of carbonyl (C=O) groups excluding carboxylic acids is 1. The summed E-state index contributed by atoms with van der Waals surface area (Å²) in [4.78, 5) is 29.5. The molecule has 0 aliphatic rings. The van der Waals surface area contributed by atoms with E-state index in [1.807, 2.05) is 42.5 Å². The summed E-state index contributed by atoms with van der Waals surface area (Å²) in [5, 5.41) is 7.29. The van der Waals surface area contributed by atoms with Crippen LogP contribution in [0.4, 0.5) is 0 Å². The van der Waals surface area contributed by atoms with Crippen LogP contribution in [0.25, 0.3) is 26.6 Å². The van der Waals surface area contributed by atoms with E-state index in [1.54, 1.807) is 28.8 Å². The first-order valence-electron chi connectivity index (χ1n) is 8.03. The van der Waals surface area contributed by atoms with Crippen LogP contribution < -0.4 is 5.56 Å². The Bertz CT molecular complexity index is 1380. The van der Waals surface area contributed by atoms with Gasteiger partial charge in [-0.2, -0.15) is 10.1 Å². The van der Waals surface area contributed by atoms with Crippen LogP contribution in [0.3, 0.4) is 0 Å². The number of nitrogens with zero attached hydrogens (tertiary/aromatic N) is 3. The first-order valence-corrected chi connectivity index (χ1v) is 8.84. The molecule has 0 saturated carbocycles. The molecule has 5 nitrogen and oxygen atoms in total. The van der Waals surface area contributed by atoms with E-state index in [-0.39, 0.29) is 11.3 Å². The summed E-state index contributed by atoms with van der Waals surface area (Å²) in [6, 6.07) is 20.6. The van der Waals surface area contributed by atoms with Gasteiger partial charge in [0.25, 0.3) is 5.56 Å². The smallest absolute Gasteiger partial charge is 0.281 e.